The highest BCUT2D eigenvalue weighted by Crippen LogP contribution is 2.34. The summed E-state index contributed by atoms with van der Waals surface area (Å²) in [4.78, 5) is 45.3. The fraction of sp³-hybridized carbons (Fsp3) is 0.552. The molecular formula is C29H37ClN4O3. The van der Waals surface area contributed by atoms with Crippen molar-refractivity contribution < 1.29 is 9.59 Å². The molecule has 2 unspecified atom stereocenters. The molecule has 8 heteroatoms. The number of aromatic nitrogens is 1. The average molecular weight is 525 g/mol. The van der Waals surface area contributed by atoms with Crippen LogP contribution in [0.2, 0.25) is 5.02 Å². The second kappa shape index (κ2) is 11.0. The van der Waals surface area contributed by atoms with Crippen molar-refractivity contribution >= 4 is 23.4 Å². The van der Waals surface area contributed by atoms with E-state index < -0.39 is 0 Å². The third-order valence-electron chi connectivity index (χ3n) is 8.62. The number of aromatic amines is 1. The standard InChI is InChI=1S/C29H37ClN4O3/c1-18-25(19(2)31-28(36)26(18)30)29(37)34-16-22-14-33(15-23(22)17-34)13-12-24(20-8-4-3-5-9-20)32-27(35)21-10-6-7-11-21/h3-5,8-9,21-24H,6-7,10-17H2,1-2H3,(H,31,36)(H,32,35)/t22?,23?,24-/m0/s1. The van der Waals surface area contributed by atoms with Gasteiger partial charge in [-0.2, -0.15) is 0 Å². The van der Waals surface area contributed by atoms with Gasteiger partial charge in [0.25, 0.3) is 11.5 Å². The Morgan fingerprint density at radius 1 is 1.05 bits per heavy atom. The lowest BCUT2D eigenvalue weighted by Gasteiger charge is -2.26. The first-order chi connectivity index (χ1) is 17.8. The number of hydrogen-bond donors (Lipinski definition) is 2. The van der Waals surface area contributed by atoms with E-state index in [-0.39, 0.29) is 34.4 Å². The van der Waals surface area contributed by atoms with E-state index in [2.05, 4.69) is 27.3 Å². The molecule has 3 heterocycles. The molecule has 1 aromatic carbocycles. The highest BCUT2D eigenvalue weighted by atomic mass is 35.5. The van der Waals surface area contributed by atoms with Crippen LogP contribution < -0.4 is 10.9 Å². The van der Waals surface area contributed by atoms with Gasteiger partial charge in [0.2, 0.25) is 5.91 Å². The number of likely N-dealkylation sites (tertiary alicyclic amines) is 2. The normalized spacial score (nSPS) is 22.8. The van der Waals surface area contributed by atoms with Gasteiger partial charge < -0.3 is 20.1 Å². The lowest BCUT2D eigenvalue weighted by molar-refractivity contribution is -0.125. The summed E-state index contributed by atoms with van der Waals surface area (Å²) in [6.07, 6.45) is 5.18. The van der Waals surface area contributed by atoms with Gasteiger partial charge in [0.05, 0.1) is 11.6 Å². The maximum Gasteiger partial charge on any atom is 0.267 e. The summed E-state index contributed by atoms with van der Waals surface area (Å²) in [6, 6.07) is 10.3. The number of halogens is 1. The molecule has 198 valence electrons. The van der Waals surface area contributed by atoms with Crippen LogP contribution >= 0.6 is 11.6 Å². The third kappa shape index (κ3) is 5.48. The van der Waals surface area contributed by atoms with E-state index in [0.717, 1.165) is 70.4 Å². The Morgan fingerprint density at radius 2 is 1.70 bits per heavy atom. The van der Waals surface area contributed by atoms with Crippen LogP contribution in [-0.2, 0) is 4.79 Å². The van der Waals surface area contributed by atoms with Gasteiger partial charge >= 0.3 is 0 Å². The van der Waals surface area contributed by atoms with Crippen molar-refractivity contribution in [1.82, 2.24) is 20.1 Å². The number of carbonyl (C=O) groups is 2. The molecule has 2 aliphatic heterocycles. The Hall–Kier alpha value is -2.64. The maximum absolute atomic E-state index is 13.3. The van der Waals surface area contributed by atoms with Gasteiger partial charge in [-0.25, -0.2) is 0 Å². The van der Waals surface area contributed by atoms with Crippen molar-refractivity contribution in [2.24, 2.45) is 17.8 Å². The second-order valence-electron chi connectivity index (χ2n) is 11.1. The van der Waals surface area contributed by atoms with E-state index in [1.165, 1.54) is 0 Å². The van der Waals surface area contributed by atoms with Gasteiger partial charge in [-0.05, 0) is 56.1 Å². The van der Waals surface area contributed by atoms with Gasteiger partial charge in [0.1, 0.15) is 5.02 Å². The number of fused-ring (bicyclic) bond motifs is 1. The second-order valence-corrected chi connectivity index (χ2v) is 11.5. The van der Waals surface area contributed by atoms with E-state index in [1.54, 1.807) is 13.8 Å². The minimum Gasteiger partial charge on any atom is -0.349 e. The number of carbonyl (C=O) groups excluding carboxylic acids is 2. The topological polar surface area (TPSA) is 85.5 Å². The van der Waals surface area contributed by atoms with Crippen LogP contribution in [0.15, 0.2) is 35.1 Å². The van der Waals surface area contributed by atoms with Crippen LogP contribution in [0.5, 0.6) is 0 Å². The van der Waals surface area contributed by atoms with E-state index >= 15 is 0 Å². The Bertz CT molecular complexity index is 1190. The first-order valence-corrected chi connectivity index (χ1v) is 14.0. The quantitative estimate of drug-likeness (QED) is 0.571. The van der Waals surface area contributed by atoms with E-state index in [1.807, 2.05) is 23.1 Å². The SMILES string of the molecule is Cc1[nH]c(=O)c(Cl)c(C)c1C(=O)N1CC2CN(CC[C@H](NC(=O)C3CCCC3)c3ccccc3)CC2C1. The number of benzene rings is 1. The molecule has 1 saturated carbocycles. The zero-order valence-corrected chi connectivity index (χ0v) is 22.5. The number of aryl methyl sites for hydroxylation is 1. The third-order valence-corrected chi connectivity index (χ3v) is 9.08. The largest absolute Gasteiger partial charge is 0.349 e. The molecule has 2 saturated heterocycles. The predicted octanol–water partition coefficient (Wildman–Crippen LogP) is 4.09. The van der Waals surface area contributed by atoms with Crippen molar-refractivity contribution in [3.8, 4) is 0 Å². The average Bonchev–Trinajstić information content (AvgIpc) is 3.63. The Morgan fingerprint density at radius 3 is 2.35 bits per heavy atom. The van der Waals surface area contributed by atoms with Crippen molar-refractivity contribution in [3.63, 3.8) is 0 Å². The van der Waals surface area contributed by atoms with Crippen LogP contribution in [0.1, 0.15) is 65.3 Å². The van der Waals surface area contributed by atoms with Gasteiger partial charge in [-0.15, -0.1) is 0 Å². The van der Waals surface area contributed by atoms with E-state index in [4.69, 9.17) is 11.6 Å². The number of H-pyrrole nitrogens is 1. The Labute approximate surface area is 223 Å². The Kier molecular flexibility index (Phi) is 7.72. The minimum absolute atomic E-state index is 0.0174. The molecule has 7 nitrogen and oxygen atoms in total. The lowest BCUT2D eigenvalue weighted by atomic mass is 10.0. The first-order valence-electron chi connectivity index (χ1n) is 13.6. The lowest BCUT2D eigenvalue weighted by Crippen LogP contribution is -2.37. The molecule has 3 atom stereocenters. The molecule has 2 aromatic rings. The molecule has 3 fully saturated rings. The molecule has 3 aliphatic rings. The number of nitrogens with zero attached hydrogens (tertiary/aromatic N) is 2. The number of nitrogens with one attached hydrogen (secondary N) is 2. The molecule has 1 aliphatic carbocycles. The van der Waals surface area contributed by atoms with Gasteiger partial charge in [0.15, 0.2) is 0 Å². The summed E-state index contributed by atoms with van der Waals surface area (Å²) in [6.45, 7) is 7.76. The summed E-state index contributed by atoms with van der Waals surface area (Å²) in [5, 5.41) is 3.44. The van der Waals surface area contributed by atoms with Gasteiger partial charge in [0, 0.05) is 44.3 Å². The zero-order valence-electron chi connectivity index (χ0n) is 21.8. The molecule has 0 bridgehead atoms. The van der Waals surface area contributed by atoms with Crippen molar-refractivity contribution in [3.05, 3.63) is 68.1 Å². The zero-order chi connectivity index (χ0) is 26.1. The first kappa shape index (κ1) is 26.0. The summed E-state index contributed by atoms with van der Waals surface area (Å²) in [5.74, 6) is 1.18. The van der Waals surface area contributed by atoms with E-state index in [0.29, 0.717) is 28.7 Å². The summed E-state index contributed by atoms with van der Waals surface area (Å²) in [7, 11) is 0. The maximum atomic E-state index is 13.3. The molecule has 2 amide bonds. The molecule has 0 spiro atoms. The van der Waals surface area contributed by atoms with Crippen LogP contribution in [0.4, 0.5) is 0 Å². The molecule has 1 aromatic heterocycles. The number of pyridine rings is 1. The van der Waals surface area contributed by atoms with Gasteiger partial charge in [-0.1, -0.05) is 54.8 Å². The number of amides is 2. The number of hydrogen-bond acceptors (Lipinski definition) is 4. The fourth-order valence-electron chi connectivity index (χ4n) is 6.56. The molecule has 5 rings (SSSR count). The molecule has 2 N–H and O–H groups in total. The summed E-state index contributed by atoms with van der Waals surface area (Å²) in [5.41, 5.74) is 2.45. The fourth-order valence-corrected chi connectivity index (χ4v) is 6.71. The van der Waals surface area contributed by atoms with Crippen molar-refractivity contribution in [2.45, 2.75) is 52.0 Å². The highest BCUT2D eigenvalue weighted by Gasteiger charge is 2.42. The predicted molar refractivity (Wildman–Crippen MR) is 145 cm³/mol. The van der Waals surface area contributed by atoms with Crippen LogP contribution in [0, 0.1) is 31.6 Å². The monoisotopic (exact) mass is 524 g/mol. The molecule has 0 radical (unpaired) electrons. The van der Waals surface area contributed by atoms with Crippen LogP contribution in [0.3, 0.4) is 0 Å². The number of rotatable bonds is 7. The summed E-state index contributed by atoms with van der Waals surface area (Å²) >= 11 is 6.15. The summed E-state index contributed by atoms with van der Waals surface area (Å²) < 4.78 is 0. The molecule has 37 heavy (non-hydrogen) atoms. The van der Waals surface area contributed by atoms with Crippen molar-refractivity contribution in [2.75, 3.05) is 32.7 Å². The minimum atomic E-state index is -0.351. The van der Waals surface area contributed by atoms with E-state index in [9.17, 15) is 14.4 Å². The van der Waals surface area contributed by atoms with Crippen LogP contribution in [0.25, 0.3) is 0 Å². The Balaban J connectivity index is 1.18. The smallest absolute Gasteiger partial charge is 0.267 e. The van der Waals surface area contributed by atoms with Gasteiger partial charge in [-0.3, -0.25) is 14.4 Å². The van der Waals surface area contributed by atoms with Crippen LogP contribution in [-0.4, -0.2) is 59.3 Å². The highest BCUT2D eigenvalue weighted by molar-refractivity contribution is 6.31. The molecular weight excluding hydrogens is 488 g/mol. The van der Waals surface area contributed by atoms with Crippen molar-refractivity contribution in [1.29, 1.82) is 0 Å².